The van der Waals surface area contributed by atoms with Crippen LogP contribution in [0.2, 0.25) is 0 Å². The van der Waals surface area contributed by atoms with E-state index in [1.54, 1.807) is 0 Å². The van der Waals surface area contributed by atoms with Gasteiger partial charge in [0.1, 0.15) is 6.67 Å². The lowest BCUT2D eigenvalue weighted by Crippen LogP contribution is -2.51. The summed E-state index contributed by atoms with van der Waals surface area (Å²) in [6, 6.07) is -0.404. The van der Waals surface area contributed by atoms with Gasteiger partial charge in [0.25, 0.3) is 0 Å². The van der Waals surface area contributed by atoms with Gasteiger partial charge in [-0.2, -0.15) is 0 Å². The quantitative estimate of drug-likeness (QED) is 0.559. The predicted molar refractivity (Wildman–Crippen MR) is 40.1 cm³/mol. The Balaban J connectivity index is 2.35. The second-order valence-corrected chi connectivity index (χ2v) is 2.65. The molecule has 1 saturated heterocycles. The fourth-order valence-corrected chi connectivity index (χ4v) is 1.12. The Labute approximate surface area is 69.5 Å². The van der Waals surface area contributed by atoms with Gasteiger partial charge in [-0.15, -0.1) is 0 Å². The van der Waals surface area contributed by atoms with E-state index in [0.717, 1.165) is 0 Å². The van der Waals surface area contributed by atoms with Gasteiger partial charge >= 0.3 is 0 Å². The van der Waals surface area contributed by atoms with Crippen LogP contribution >= 0.6 is 0 Å². The van der Waals surface area contributed by atoms with Crippen LogP contribution < -0.4 is 10.6 Å². The minimum atomic E-state index is -0.502. The Kier molecular flexibility index (Phi) is 3.16. The second kappa shape index (κ2) is 4.15. The molecule has 1 heterocycles. The molecule has 12 heavy (non-hydrogen) atoms. The van der Waals surface area contributed by atoms with Crippen molar-refractivity contribution < 1.29 is 14.0 Å². The van der Waals surface area contributed by atoms with E-state index in [0.29, 0.717) is 12.8 Å². The summed E-state index contributed by atoms with van der Waals surface area (Å²) in [5, 5.41) is 4.88. The lowest BCUT2D eigenvalue weighted by Gasteiger charge is -2.20. The Bertz CT molecular complexity index is 196. The summed E-state index contributed by atoms with van der Waals surface area (Å²) in [6.45, 7) is -0.343. The van der Waals surface area contributed by atoms with E-state index in [1.807, 2.05) is 0 Å². The Hall–Kier alpha value is -0.970. The third kappa shape index (κ3) is 2.27. The van der Waals surface area contributed by atoms with Crippen molar-refractivity contribution in [1.82, 2.24) is 10.6 Å². The maximum absolute atomic E-state index is 11.7. The van der Waals surface area contributed by atoms with Crippen molar-refractivity contribution in [3.8, 4) is 0 Å². The normalized spacial score (nSPS) is 23.9. The zero-order valence-corrected chi connectivity index (χ0v) is 6.60. The summed E-state index contributed by atoms with van der Waals surface area (Å²) in [5.41, 5.74) is 0. The monoisotopic (exact) mass is 174 g/mol. The SMILES string of the molecule is O=C1CCC(NCCF)C(=O)N1. The van der Waals surface area contributed by atoms with Gasteiger partial charge in [0.15, 0.2) is 0 Å². The number of amides is 2. The van der Waals surface area contributed by atoms with Crippen LogP contribution in [-0.2, 0) is 9.59 Å². The molecule has 1 aliphatic heterocycles. The molecular weight excluding hydrogens is 163 g/mol. The Morgan fingerprint density at radius 3 is 2.92 bits per heavy atom. The Morgan fingerprint density at radius 2 is 2.33 bits per heavy atom. The maximum atomic E-state index is 11.7. The number of nitrogens with one attached hydrogen (secondary N) is 2. The highest BCUT2D eigenvalue weighted by Gasteiger charge is 2.25. The summed E-state index contributed by atoms with van der Waals surface area (Å²) in [5.74, 6) is -0.599. The van der Waals surface area contributed by atoms with E-state index in [9.17, 15) is 14.0 Å². The average molecular weight is 174 g/mol. The molecule has 1 aliphatic rings. The molecule has 0 spiro atoms. The molecular formula is C7H11FN2O2. The molecule has 4 nitrogen and oxygen atoms in total. The van der Waals surface area contributed by atoms with Crippen LogP contribution in [0.4, 0.5) is 4.39 Å². The van der Waals surface area contributed by atoms with Gasteiger partial charge in [0.05, 0.1) is 6.04 Å². The number of halogens is 1. The third-order valence-corrected chi connectivity index (χ3v) is 1.72. The van der Waals surface area contributed by atoms with Gasteiger partial charge in [0.2, 0.25) is 11.8 Å². The zero-order valence-electron chi connectivity index (χ0n) is 6.60. The van der Waals surface area contributed by atoms with Crippen LogP contribution in [0.15, 0.2) is 0 Å². The first kappa shape index (κ1) is 9.12. The van der Waals surface area contributed by atoms with Crippen molar-refractivity contribution in [2.45, 2.75) is 18.9 Å². The largest absolute Gasteiger partial charge is 0.303 e. The van der Waals surface area contributed by atoms with Gasteiger partial charge in [0, 0.05) is 13.0 Å². The van der Waals surface area contributed by atoms with E-state index in [1.165, 1.54) is 0 Å². The van der Waals surface area contributed by atoms with Crippen molar-refractivity contribution in [1.29, 1.82) is 0 Å². The number of imide groups is 1. The fourth-order valence-electron chi connectivity index (χ4n) is 1.12. The van der Waals surface area contributed by atoms with Crippen LogP contribution in [0.3, 0.4) is 0 Å². The molecule has 0 radical (unpaired) electrons. The van der Waals surface area contributed by atoms with Crippen molar-refractivity contribution in [3.63, 3.8) is 0 Å². The average Bonchev–Trinajstić information content (AvgIpc) is 2.03. The molecule has 2 N–H and O–H groups in total. The number of rotatable bonds is 3. The van der Waals surface area contributed by atoms with E-state index < -0.39 is 12.7 Å². The fraction of sp³-hybridized carbons (Fsp3) is 0.714. The summed E-state index contributed by atoms with van der Waals surface area (Å²) in [7, 11) is 0. The number of carbonyl (C=O) groups is 2. The molecule has 1 unspecified atom stereocenters. The van der Waals surface area contributed by atoms with Crippen LogP contribution in [-0.4, -0.2) is 31.1 Å². The Morgan fingerprint density at radius 1 is 1.58 bits per heavy atom. The van der Waals surface area contributed by atoms with E-state index >= 15 is 0 Å². The molecule has 2 amide bonds. The molecule has 0 aromatic rings. The van der Waals surface area contributed by atoms with Crippen LogP contribution in [0.5, 0.6) is 0 Å². The van der Waals surface area contributed by atoms with Gasteiger partial charge < -0.3 is 5.32 Å². The van der Waals surface area contributed by atoms with Crippen LogP contribution in [0, 0.1) is 0 Å². The standard InChI is InChI=1S/C7H11FN2O2/c8-3-4-9-5-1-2-6(11)10-7(5)12/h5,9H,1-4H2,(H,10,11,12). The molecule has 0 aromatic carbocycles. The minimum absolute atomic E-state index is 0.159. The molecule has 0 saturated carbocycles. The zero-order chi connectivity index (χ0) is 8.97. The van der Waals surface area contributed by atoms with Crippen molar-refractivity contribution in [2.75, 3.05) is 13.2 Å². The molecule has 0 aliphatic carbocycles. The number of carbonyl (C=O) groups excluding carboxylic acids is 2. The second-order valence-electron chi connectivity index (χ2n) is 2.65. The number of hydrogen-bond acceptors (Lipinski definition) is 3. The predicted octanol–water partition coefficient (Wildman–Crippen LogP) is -0.649. The topological polar surface area (TPSA) is 58.2 Å². The number of piperidine rings is 1. The summed E-state index contributed by atoms with van der Waals surface area (Å²) in [4.78, 5) is 21.7. The van der Waals surface area contributed by atoms with Gasteiger partial charge in [-0.3, -0.25) is 14.9 Å². The molecule has 1 rings (SSSR count). The lowest BCUT2D eigenvalue weighted by atomic mass is 10.1. The smallest absolute Gasteiger partial charge is 0.243 e. The highest BCUT2D eigenvalue weighted by atomic mass is 19.1. The van der Waals surface area contributed by atoms with E-state index in [-0.39, 0.29) is 18.4 Å². The first-order valence-electron chi connectivity index (χ1n) is 3.87. The molecule has 1 atom stereocenters. The third-order valence-electron chi connectivity index (χ3n) is 1.72. The molecule has 0 bridgehead atoms. The lowest BCUT2D eigenvalue weighted by molar-refractivity contribution is -0.134. The van der Waals surface area contributed by atoms with Crippen molar-refractivity contribution in [3.05, 3.63) is 0 Å². The number of alkyl halides is 1. The summed E-state index contributed by atoms with van der Waals surface area (Å²) >= 11 is 0. The van der Waals surface area contributed by atoms with E-state index in [4.69, 9.17) is 0 Å². The minimum Gasteiger partial charge on any atom is -0.303 e. The van der Waals surface area contributed by atoms with Crippen LogP contribution in [0.1, 0.15) is 12.8 Å². The van der Waals surface area contributed by atoms with Gasteiger partial charge in [-0.25, -0.2) is 4.39 Å². The number of hydrogen-bond donors (Lipinski definition) is 2. The highest BCUT2D eigenvalue weighted by molar-refractivity contribution is 6.00. The molecule has 0 aromatic heterocycles. The highest BCUT2D eigenvalue weighted by Crippen LogP contribution is 2.03. The van der Waals surface area contributed by atoms with Gasteiger partial charge in [-0.1, -0.05) is 0 Å². The maximum Gasteiger partial charge on any atom is 0.243 e. The van der Waals surface area contributed by atoms with Crippen LogP contribution in [0.25, 0.3) is 0 Å². The van der Waals surface area contributed by atoms with Crippen molar-refractivity contribution in [2.24, 2.45) is 0 Å². The van der Waals surface area contributed by atoms with E-state index in [2.05, 4.69) is 10.6 Å². The van der Waals surface area contributed by atoms with Crippen molar-refractivity contribution >= 4 is 11.8 Å². The first-order valence-corrected chi connectivity index (χ1v) is 3.87. The molecule has 5 heteroatoms. The molecule has 1 fully saturated rings. The first-order chi connectivity index (χ1) is 5.74. The summed E-state index contributed by atoms with van der Waals surface area (Å²) in [6.07, 6.45) is 0.792. The van der Waals surface area contributed by atoms with Gasteiger partial charge in [-0.05, 0) is 6.42 Å². The summed E-state index contributed by atoms with van der Waals surface area (Å²) < 4.78 is 11.7. The molecule has 68 valence electrons.